The van der Waals surface area contributed by atoms with Gasteiger partial charge in [-0.3, -0.25) is 0 Å². The van der Waals surface area contributed by atoms with Crippen molar-refractivity contribution in [2.75, 3.05) is 28.4 Å². The summed E-state index contributed by atoms with van der Waals surface area (Å²) in [4.78, 5) is 0. The van der Waals surface area contributed by atoms with Crippen molar-refractivity contribution in [3.8, 4) is 51.1 Å². The van der Waals surface area contributed by atoms with Gasteiger partial charge in [0.15, 0.2) is 23.0 Å². The highest BCUT2D eigenvalue weighted by molar-refractivity contribution is 9.11. The molecule has 1 aromatic heterocycles. The van der Waals surface area contributed by atoms with Crippen molar-refractivity contribution in [1.82, 2.24) is 9.78 Å². The second-order valence-electron chi connectivity index (χ2n) is 7.03. The second kappa shape index (κ2) is 9.89. The molecule has 170 valence electrons. The minimum atomic E-state index is 0.619. The summed E-state index contributed by atoms with van der Waals surface area (Å²) in [7, 11) is 6.47. The molecule has 0 saturated heterocycles. The fraction of sp³-hybridized carbons (Fsp3) is 0.160. The number of nitrogens with zero attached hydrogens (tertiary/aromatic N) is 2. The monoisotopic (exact) mass is 572 g/mol. The fourth-order valence-corrected chi connectivity index (χ4v) is 4.71. The Morgan fingerprint density at radius 1 is 0.636 bits per heavy atom. The van der Waals surface area contributed by atoms with Gasteiger partial charge >= 0.3 is 0 Å². The molecular weight excluding hydrogens is 552 g/mol. The molecule has 0 saturated carbocycles. The Morgan fingerprint density at radius 2 is 1.12 bits per heavy atom. The quantitative estimate of drug-likeness (QED) is 0.244. The number of hydrogen-bond acceptors (Lipinski definition) is 5. The van der Waals surface area contributed by atoms with E-state index in [1.165, 1.54) is 0 Å². The molecule has 0 aliphatic rings. The molecule has 0 aliphatic carbocycles. The lowest BCUT2D eigenvalue weighted by Gasteiger charge is -2.16. The zero-order valence-electron chi connectivity index (χ0n) is 18.6. The molecule has 3 aromatic carbocycles. The van der Waals surface area contributed by atoms with Crippen molar-refractivity contribution in [3.05, 3.63) is 69.7 Å². The van der Waals surface area contributed by atoms with Crippen molar-refractivity contribution in [3.63, 3.8) is 0 Å². The minimum absolute atomic E-state index is 0.619. The highest BCUT2D eigenvalue weighted by Gasteiger charge is 2.23. The molecular formula is C25H22Br2N2O4. The second-order valence-corrected chi connectivity index (χ2v) is 8.74. The van der Waals surface area contributed by atoms with E-state index in [9.17, 15) is 0 Å². The molecule has 1 heterocycles. The maximum atomic E-state index is 5.59. The summed E-state index contributed by atoms with van der Waals surface area (Å²) in [6, 6.07) is 17.6. The molecule has 6 nitrogen and oxygen atoms in total. The fourth-order valence-electron chi connectivity index (χ4n) is 3.67. The molecule has 0 atom stereocenters. The lowest BCUT2D eigenvalue weighted by Crippen LogP contribution is -2.01. The van der Waals surface area contributed by atoms with Gasteiger partial charge in [0, 0.05) is 25.6 Å². The number of halogens is 2. The first-order valence-electron chi connectivity index (χ1n) is 9.99. The van der Waals surface area contributed by atoms with Crippen molar-refractivity contribution in [2.24, 2.45) is 0 Å². The molecule has 8 heteroatoms. The summed E-state index contributed by atoms with van der Waals surface area (Å²) < 4.78 is 25.7. The minimum Gasteiger partial charge on any atom is -0.493 e. The van der Waals surface area contributed by atoms with E-state index >= 15 is 0 Å². The number of benzene rings is 3. The van der Waals surface area contributed by atoms with Crippen LogP contribution in [0.1, 0.15) is 0 Å². The summed E-state index contributed by atoms with van der Waals surface area (Å²) in [5.41, 5.74) is 4.51. The van der Waals surface area contributed by atoms with Gasteiger partial charge < -0.3 is 18.9 Å². The van der Waals surface area contributed by atoms with Gasteiger partial charge in [0.25, 0.3) is 0 Å². The van der Waals surface area contributed by atoms with Gasteiger partial charge in [-0.25, -0.2) is 4.68 Å². The molecule has 0 fully saturated rings. The number of para-hydroxylation sites is 1. The Labute approximate surface area is 209 Å². The van der Waals surface area contributed by atoms with Gasteiger partial charge in [-0.15, -0.1) is 0 Å². The first-order valence-corrected chi connectivity index (χ1v) is 11.6. The van der Waals surface area contributed by atoms with E-state index in [0.29, 0.717) is 23.0 Å². The average molecular weight is 574 g/mol. The van der Waals surface area contributed by atoms with E-state index in [4.69, 9.17) is 24.0 Å². The Balaban J connectivity index is 2.04. The SMILES string of the molecule is COc1cc(Br)c(-c2cnn(-c3ccccc3)c2-c2cc(OC)c(OC)cc2Br)cc1OC. The molecule has 0 bridgehead atoms. The van der Waals surface area contributed by atoms with E-state index in [0.717, 1.165) is 37.0 Å². The standard InChI is InChI=1S/C25H22Br2N2O4/c1-30-21-10-16(19(26)12-23(21)32-3)18-14-28-29(15-8-6-5-7-9-15)25(18)17-11-22(31-2)24(33-4)13-20(17)27/h5-14H,1-4H3. The summed E-state index contributed by atoms with van der Waals surface area (Å²) in [6.45, 7) is 0. The van der Waals surface area contributed by atoms with Crippen LogP contribution >= 0.6 is 31.9 Å². The molecule has 33 heavy (non-hydrogen) atoms. The van der Waals surface area contributed by atoms with Crippen molar-refractivity contribution < 1.29 is 18.9 Å². The van der Waals surface area contributed by atoms with Crippen molar-refractivity contribution in [1.29, 1.82) is 0 Å². The number of ether oxygens (including phenoxy) is 4. The lowest BCUT2D eigenvalue weighted by molar-refractivity contribution is 0.355. The largest absolute Gasteiger partial charge is 0.493 e. The van der Waals surface area contributed by atoms with Crippen molar-refractivity contribution in [2.45, 2.75) is 0 Å². The zero-order valence-corrected chi connectivity index (χ0v) is 21.7. The number of methoxy groups -OCH3 is 4. The molecule has 4 aromatic rings. The third kappa shape index (κ3) is 4.32. The van der Waals surface area contributed by atoms with E-state index < -0.39 is 0 Å². The topological polar surface area (TPSA) is 54.7 Å². The zero-order chi connectivity index (χ0) is 23.5. The van der Waals surface area contributed by atoms with Gasteiger partial charge in [-0.1, -0.05) is 34.1 Å². The van der Waals surface area contributed by atoms with E-state index in [-0.39, 0.29) is 0 Å². The normalized spacial score (nSPS) is 10.7. The molecule has 4 rings (SSSR count). The molecule has 0 spiro atoms. The maximum absolute atomic E-state index is 5.59. The van der Waals surface area contributed by atoms with Crippen LogP contribution < -0.4 is 18.9 Å². The van der Waals surface area contributed by atoms with Crippen LogP contribution in [0.5, 0.6) is 23.0 Å². The van der Waals surface area contributed by atoms with E-state index in [1.807, 2.05) is 65.5 Å². The first kappa shape index (κ1) is 23.2. The number of hydrogen-bond donors (Lipinski definition) is 0. The van der Waals surface area contributed by atoms with E-state index in [1.54, 1.807) is 28.4 Å². The number of aromatic nitrogens is 2. The van der Waals surface area contributed by atoms with Crippen LogP contribution in [0.15, 0.2) is 69.7 Å². The maximum Gasteiger partial charge on any atom is 0.161 e. The van der Waals surface area contributed by atoms with Crippen LogP contribution in [0.25, 0.3) is 28.1 Å². The van der Waals surface area contributed by atoms with Gasteiger partial charge in [-0.2, -0.15) is 5.10 Å². The van der Waals surface area contributed by atoms with Crippen LogP contribution in [0.3, 0.4) is 0 Å². The highest BCUT2D eigenvalue weighted by atomic mass is 79.9. The lowest BCUT2D eigenvalue weighted by atomic mass is 10.0. The molecule has 0 N–H and O–H groups in total. The Kier molecular flexibility index (Phi) is 6.95. The highest BCUT2D eigenvalue weighted by Crippen LogP contribution is 2.46. The molecule has 0 unspecified atom stereocenters. The van der Waals surface area contributed by atoms with Crippen LogP contribution in [0, 0.1) is 0 Å². The van der Waals surface area contributed by atoms with Gasteiger partial charge in [-0.05, 0) is 52.3 Å². The third-order valence-corrected chi connectivity index (χ3v) is 6.57. The molecule has 0 radical (unpaired) electrons. The van der Waals surface area contributed by atoms with Crippen LogP contribution in [0.2, 0.25) is 0 Å². The third-order valence-electron chi connectivity index (χ3n) is 5.26. The Bertz CT molecular complexity index is 1290. The molecule has 0 amide bonds. The van der Waals surface area contributed by atoms with Crippen LogP contribution in [-0.4, -0.2) is 38.2 Å². The van der Waals surface area contributed by atoms with Gasteiger partial charge in [0.2, 0.25) is 0 Å². The summed E-state index contributed by atoms with van der Waals surface area (Å²) in [6.07, 6.45) is 1.84. The Morgan fingerprint density at radius 3 is 1.67 bits per heavy atom. The summed E-state index contributed by atoms with van der Waals surface area (Å²) in [5.74, 6) is 2.51. The van der Waals surface area contributed by atoms with E-state index in [2.05, 4.69) is 31.9 Å². The summed E-state index contributed by atoms with van der Waals surface area (Å²) >= 11 is 7.42. The predicted octanol–water partition coefficient (Wildman–Crippen LogP) is 6.77. The van der Waals surface area contributed by atoms with Gasteiger partial charge in [0.05, 0.1) is 46.0 Å². The first-order chi connectivity index (χ1) is 16.0. The smallest absolute Gasteiger partial charge is 0.161 e. The van der Waals surface area contributed by atoms with Crippen LogP contribution in [-0.2, 0) is 0 Å². The van der Waals surface area contributed by atoms with Crippen LogP contribution in [0.4, 0.5) is 0 Å². The predicted molar refractivity (Wildman–Crippen MR) is 136 cm³/mol. The van der Waals surface area contributed by atoms with Crippen molar-refractivity contribution >= 4 is 31.9 Å². The Hall–Kier alpha value is -2.97. The number of rotatable bonds is 7. The molecule has 0 aliphatic heterocycles. The van der Waals surface area contributed by atoms with Gasteiger partial charge in [0.1, 0.15) is 0 Å². The average Bonchev–Trinajstić information content (AvgIpc) is 3.28. The summed E-state index contributed by atoms with van der Waals surface area (Å²) in [5, 5.41) is 4.75.